The molecule has 178 valence electrons. The van der Waals surface area contributed by atoms with Gasteiger partial charge in [-0.25, -0.2) is 0 Å². The van der Waals surface area contributed by atoms with Gasteiger partial charge in [0, 0.05) is 36.6 Å². The topological polar surface area (TPSA) is 125 Å². The fraction of sp³-hybridized carbons (Fsp3) is 0.500. The first kappa shape index (κ1) is 24.3. The summed E-state index contributed by atoms with van der Waals surface area (Å²) < 4.78 is 5.36. The first-order chi connectivity index (χ1) is 15.8. The lowest BCUT2D eigenvalue weighted by atomic mass is 9.97. The van der Waals surface area contributed by atoms with E-state index in [9.17, 15) is 14.4 Å². The minimum Gasteiger partial charge on any atom is -0.496 e. The third kappa shape index (κ3) is 6.12. The van der Waals surface area contributed by atoms with Gasteiger partial charge in [0.1, 0.15) is 17.5 Å². The van der Waals surface area contributed by atoms with Gasteiger partial charge in [0.25, 0.3) is 5.91 Å². The number of methoxy groups -OCH3 is 1. The van der Waals surface area contributed by atoms with E-state index in [4.69, 9.17) is 4.74 Å². The third-order valence-electron chi connectivity index (χ3n) is 5.78. The summed E-state index contributed by atoms with van der Waals surface area (Å²) in [5, 5.41) is 9.44. The highest BCUT2D eigenvalue weighted by Crippen LogP contribution is 2.26. The van der Waals surface area contributed by atoms with Crippen molar-refractivity contribution in [1.82, 2.24) is 20.9 Å². The molecular weight excluding hydrogens is 422 g/mol. The van der Waals surface area contributed by atoms with E-state index in [-0.39, 0.29) is 35.6 Å². The van der Waals surface area contributed by atoms with Crippen LogP contribution in [0.1, 0.15) is 43.6 Å². The van der Waals surface area contributed by atoms with E-state index in [0.29, 0.717) is 30.8 Å². The van der Waals surface area contributed by atoms with Gasteiger partial charge < -0.3 is 25.7 Å². The standard InChI is InChI=1S/C24H33N5O4/c1-14(2)10-19(23(31)27-16(13-25-3)11-15-8-9-26-22(15)30)29-24(32)20-12-17-18(28-20)6-5-7-21(17)33-4/h5-7,12-16,19,28H,8-11H2,1-4H3,(H,26,30)(H,27,31)(H,29,32)/b25-13-/t15-,16-,19-/m0/s1. The number of hydrogen-bond donors (Lipinski definition) is 4. The number of H-pyrrole nitrogens is 1. The fourth-order valence-electron chi connectivity index (χ4n) is 4.16. The van der Waals surface area contributed by atoms with Crippen molar-refractivity contribution >= 4 is 34.8 Å². The van der Waals surface area contributed by atoms with E-state index >= 15 is 0 Å². The van der Waals surface area contributed by atoms with Gasteiger partial charge in [0.2, 0.25) is 11.8 Å². The van der Waals surface area contributed by atoms with Crippen molar-refractivity contribution in [3.63, 3.8) is 0 Å². The van der Waals surface area contributed by atoms with Crippen LogP contribution in [0, 0.1) is 11.8 Å². The molecule has 0 spiro atoms. The lowest BCUT2D eigenvalue weighted by Gasteiger charge is -2.23. The van der Waals surface area contributed by atoms with Crippen LogP contribution >= 0.6 is 0 Å². The average Bonchev–Trinajstić information content (AvgIpc) is 3.39. The lowest BCUT2D eigenvalue weighted by Crippen LogP contribution is -2.51. The summed E-state index contributed by atoms with van der Waals surface area (Å²) in [4.78, 5) is 45.2. The molecule has 0 bridgehead atoms. The van der Waals surface area contributed by atoms with Gasteiger partial charge in [-0.1, -0.05) is 19.9 Å². The highest BCUT2D eigenvalue weighted by atomic mass is 16.5. The molecule has 9 nitrogen and oxygen atoms in total. The van der Waals surface area contributed by atoms with Crippen molar-refractivity contribution in [1.29, 1.82) is 0 Å². The van der Waals surface area contributed by atoms with E-state index < -0.39 is 6.04 Å². The van der Waals surface area contributed by atoms with E-state index in [0.717, 1.165) is 17.3 Å². The molecule has 1 aromatic carbocycles. The van der Waals surface area contributed by atoms with Crippen molar-refractivity contribution < 1.29 is 19.1 Å². The number of benzene rings is 1. The zero-order valence-corrected chi connectivity index (χ0v) is 19.6. The van der Waals surface area contributed by atoms with E-state index in [1.54, 1.807) is 26.4 Å². The number of fused-ring (bicyclic) bond motifs is 1. The van der Waals surface area contributed by atoms with Gasteiger partial charge in [0.15, 0.2) is 0 Å². The Bertz CT molecular complexity index is 1030. The Labute approximate surface area is 193 Å². The molecular formula is C24H33N5O4. The molecule has 0 saturated carbocycles. The molecule has 3 rings (SSSR count). The molecule has 9 heteroatoms. The summed E-state index contributed by atoms with van der Waals surface area (Å²) in [5.74, 6) is 0.0199. The number of ether oxygens (including phenoxy) is 1. The number of carbonyl (C=O) groups is 3. The van der Waals surface area contributed by atoms with Crippen LogP contribution in [-0.2, 0) is 9.59 Å². The molecule has 1 aromatic heterocycles. The number of amides is 3. The van der Waals surface area contributed by atoms with Gasteiger partial charge in [-0.3, -0.25) is 19.4 Å². The number of carbonyl (C=O) groups excluding carboxylic acids is 3. The normalized spacial score (nSPS) is 17.8. The van der Waals surface area contributed by atoms with E-state index in [2.05, 4.69) is 25.9 Å². The number of rotatable bonds is 10. The fourth-order valence-corrected chi connectivity index (χ4v) is 4.16. The Morgan fingerprint density at radius 2 is 2.09 bits per heavy atom. The maximum absolute atomic E-state index is 13.1. The Kier molecular flexibility index (Phi) is 8.08. The minimum absolute atomic E-state index is 0.0000227. The molecule has 33 heavy (non-hydrogen) atoms. The minimum atomic E-state index is -0.726. The van der Waals surface area contributed by atoms with Crippen LogP contribution < -0.4 is 20.7 Å². The van der Waals surface area contributed by atoms with Gasteiger partial charge in [-0.05, 0) is 43.4 Å². The molecule has 2 aromatic rings. The van der Waals surface area contributed by atoms with Crippen molar-refractivity contribution in [2.75, 3.05) is 20.7 Å². The second-order valence-electron chi connectivity index (χ2n) is 8.79. The van der Waals surface area contributed by atoms with Crippen molar-refractivity contribution in [3.05, 3.63) is 30.0 Å². The first-order valence-electron chi connectivity index (χ1n) is 11.3. The molecule has 3 atom stereocenters. The van der Waals surface area contributed by atoms with Gasteiger partial charge in [0.05, 0.1) is 13.2 Å². The van der Waals surface area contributed by atoms with Crippen LogP contribution in [-0.4, -0.2) is 61.7 Å². The van der Waals surface area contributed by atoms with E-state index in [1.165, 1.54) is 0 Å². The smallest absolute Gasteiger partial charge is 0.268 e. The largest absolute Gasteiger partial charge is 0.496 e. The summed E-state index contributed by atoms with van der Waals surface area (Å²) in [6.07, 6.45) is 3.32. The molecule has 0 unspecified atom stereocenters. The third-order valence-corrected chi connectivity index (χ3v) is 5.78. The number of aliphatic imine (C=N–C) groups is 1. The first-order valence-corrected chi connectivity index (χ1v) is 11.3. The molecule has 4 N–H and O–H groups in total. The van der Waals surface area contributed by atoms with Crippen molar-refractivity contribution in [2.45, 2.75) is 45.2 Å². The summed E-state index contributed by atoms with van der Waals surface area (Å²) in [7, 11) is 3.21. The van der Waals surface area contributed by atoms with E-state index in [1.807, 2.05) is 32.0 Å². The summed E-state index contributed by atoms with van der Waals surface area (Å²) in [6, 6.07) is 6.14. The Morgan fingerprint density at radius 3 is 2.73 bits per heavy atom. The Hall–Kier alpha value is -3.36. The molecule has 1 aliphatic rings. The number of aromatic amines is 1. The second kappa shape index (κ2) is 11.0. The molecule has 0 aliphatic carbocycles. The zero-order valence-electron chi connectivity index (χ0n) is 19.6. The predicted octanol–water partition coefficient (Wildman–Crippen LogP) is 2.03. The van der Waals surface area contributed by atoms with Crippen molar-refractivity contribution in [2.24, 2.45) is 16.8 Å². The highest BCUT2D eigenvalue weighted by molar-refractivity contribution is 6.01. The van der Waals surface area contributed by atoms with Gasteiger partial charge in [-0.2, -0.15) is 0 Å². The average molecular weight is 456 g/mol. The van der Waals surface area contributed by atoms with Crippen molar-refractivity contribution in [3.8, 4) is 5.75 Å². The SMILES string of the molecule is C/N=C\[C@H](C[C@@H]1CCNC1=O)NC(=O)[C@H](CC(C)C)NC(=O)c1cc2c(OC)cccc2[nH]1. The highest BCUT2D eigenvalue weighted by Gasteiger charge is 2.30. The van der Waals surface area contributed by atoms with Gasteiger partial charge in [-0.15, -0.1) is 0 Å². The number of nitrogens with one attached hydrogen (secondary N) is 4. The second-order valence-corrected chi connectivity index (χ2v) is 8.79. The molecule has 1 saturated heterocycles. The molecule has 1 fully saturated rings. The lowest BCUT2D eigenvalue weighted by molar-refractivity contribution is -0.125. The van der Waals surface area contributed by atoms with Crippen LogP contribution in [0.5, 0.6) is 5.75 Å². The molecule has 2 heterocycles. The van der Waals surface area contributed by atoms with Crippen LogP contribution in [0.25, 0.3) is 10.9 Å². The monoisotopic (exact) mass is 455 g/mol. The quantitative estimate of drug-likeness (QED) is 0.409. The molecule has 1 aliphatic heterocycles. The molecule has 3 amide bonds. The number of nitrogens with zero attached hydrogens (tertiary/aromatic N) is 1. The Morgan fingerprint density at radius 1 is 1.30 bits per heavy atom. The van der Waals surface area contributed by atoms with Crippen LogP contribution in [0.2, 0.25) is 0 Å². The number of aromatic nitrogens is 1. The van der Waals surface area contributed by atoms with Crippen LogP contribution in [0.4, 0.5) is 0 Å². The van der Waals surface area contributed by atoms with Crippen LogP contribution in [0.3, 0.4) is 0 Å². The number of hydrogen-bond acceptors (Lipinski definition) is 5. The molecule has 0 radical (unpaired) electrons. The summed E-state index contributed by atoms with van der Waals surface area (Å²) in [5.41, 5.74) is 1.13. The predicted molar refractivity (Wildman–Crippen MR) is 128 cm³/mol. The van der Waals surface area contributed by atoms with Crippen LogP contribution in [0.15, 0.2) is 29.3 Å². The maximum Gasteiger partial charge on any atom is 0.268 e. The summed E-state index contributed by atoms with van der Waals surface area (Å²) in [6.45, 7) is 4.64. The summed E-state index contributed by atoms with van der Waals surface area (Å²) >= 11 is 0. The Balaban J connectivity index is 1.73. The maximum atomic E-state index is 13.1. The van der Waals surface area contributed by atoms with Gasteiger partial charge >= 0.3 is 0 Å². The zero-order chi connectivity index (χ0) is 24.0.